The van der Waals surface area contributed by atoms with Crippen LogP contribution in [0.1, 0.15) is 28.4 Å². The van der Waals surface area contributed by atoms with Gasteiger partial charge in [-0.15, -0.1) is 0 Å². The second-order valence-corrected chi connectivity index (χ2v) is 8.63. The molecule has 4 aromatic rings. The standard InChI is InChI=1S/C30H18F8O2/c1-2-16-3-5-17(6-4-16)18-11-26(34)28(27(35)12-18)29(39)40-20-7-8-21(25(33)15-20)19-13-23(31)22(24(32)14-19)9-10-30(36,37)38/h3-15H,2H2,1H3. The summed E-state index contributed by atoms with van der Waals surface area (Å²) in [6, 6.07) is 12.8. The molecule has 40 heavy (non-hydrogen) atoms. The zero-order valence-electron chi connectivity index (χ0n) is 20.6. The van der Waals surface area contributed by atoms with E-state index < -0.39 is 58.1 Å². The molecular formula is C30H18F8O2. The Labute approximate surface area is 223 Å². The van der Waals surface area contributed by atoms with E-state index in [9.17, 15) is 39.9 Å². The van der Waals surface area contributed by atoms with E-state index in [-0.39, 0.29) is 28.8 Å². The lowest BCUT2D eigenvalue weighted by molar-refractivity contribution is -0.0790. The van der Waals surface area contributed by atoms with Crippen molar-refractivity contribution in [3.63, 3.8) is 0 Å². The van der Waals surface area contributed by atoms with Crippen molar-refractivity contribution >= 4 is 12.0 Å². The molecule has 0 heterocycles. The van der Waals surface area contributed by atoms with E-state index in [1.54, 1.807) is 24.3 Å². The summed E-state index contributed by atoms with van der Waals surface area (Å²) in [5.41, 5.74) is -0.985. The van der Waals surface area contributed by atoms with Crippen LogP contribution in [0.5, 0.6) is 5.75 Å². The number of carbonyl (C=O) groups is 1. The molecule has 0 unspecified atom stereocenters. The largest absolute Gasteiger partial charge is 0.423 e. The Hall–Kier alpha value is -4.47. The van der Waals surface area contributed by atoms with Crippen molar-refractivity contribution in [2.24, 2.45) is 0 Å². The quantitative estimate of drug-likeness (QED) is 0.133. The van der Waals surface area contributed by atoms with Crippen LogP contribution in [0.15, 0.2) is 72.8 Å². The lowest BCUT2D eigenvalue weighted by Crippen LogP contribution is -2.13. The van der Waals surface area contributed by atoms with Gasteiger partial charge < -0.3 is 4.74 Å². The molecule has 0 radical (unpaired) electrons. The number of ether oxygens (including phenoxy) is 1. The fourth-order valence-corrected chi connectivity index (χ4v) is 3.90. The average molecular weight is 562 g/mol. The molecule has 2 nitrogen and oxygen atoms in total. The molecule has 0 atom stereocenters. The van der Waals surface area contributed by atoms with E-state index in [0.717, 1.165) is 36.2 Å². The second-order valence-electron chi connectivity index (χ2n) is 8.63. The van der Waals surface area contributed by atoms with Crippen molar-refractivity contribution in [3.8, 4) is 28.0 Å². The summed E-state index contributed by atoms with van der Waals surface area (Å²) in [5.74, 6) is -8.20. The lowest BCUT2D eigenvalue weighted by Gasteiger charge is -2.11. The van der Waals surface area contributed by atoms with Crippen molar-refractivity contribution < 1.29 is 44.7 Å². The maximum atomic E-state index is 14.8. The lowest BCUT2D eigenvalue weighted by atomic mass is 10.0. The van der Waals surface area contributed by atoms with Crippen molar-refractivity contribution in [1.29, 1.82) is 0 Å². The Balaban J connectivity index is 1.56. The molecule has 0 aliphatic carbocycles. The first-order valence-corrected chi connectivity index (χ1v) is 11.7. The Morgan fingerprint density at radius 2 is 1.30 bits per heavy atom. The first-order chi connectivity index (χ1) is 18.9. The minimum absolute atomic E-state index is 0.184. The van der Waals surface area contributed by atoms with Crippen molar-refractivity contribution in [2.45, 2.75) is 19.5 Å². The highest BCUT2D eigenvalue weighted by Gasteiger charge is 2.24. The third kappa shape index (κ3) is 6.39. The molecule has 0 aliphatic heterocycles. The monoisotopic (exact) mass is 562 g/mol. The molecule has 0 fully saturated rings. The summed E-state index contributed by atoms with van der Waals surface area (Å²) < 4.78 is 115. The van der Waals surface area contributed by atoms with Crippen LogP contribution in [0, 0.1) is 29.1 Å². The predicted molar refractivity (Wildman–Crippen MR) is 133 cm³/mol. The zero-order chi connectivity index (χ0) is 29.2. The first-order valence-electron chi connectivity index (χ1n) is 11.7. The van der Waals surface area contributed by atoms with Gasteiger partial charge in [0.05, 0.1) is 0 Å². The van der Waals surface area contributed by atoms with Gasteiger partial charge in [-0.1, -0.05) is 31.2 Å². The zero-order valence-corrected chi connectivity index (χ0v) is 20.6. The number of rotatable bonds is 6. The number of allylic oxidation sites excluding steroid dienone is 1. The number of carbonyl (C=O) groups excluding carboxylic acids is 1. The number of halogens is 8. The van der Waals surface area contributed by atoms with E-state index in [4.69, 9.17) is 4.74 Å². The molecule has 10 heteroatoms. The summed E-state index contributed by atoms with van der Waals surface area (Å²) >= 11 is 0. The normalized spacial score (nSPS) is 11.7. The summed E-state index contributed by atoms with van der Waals surface area (Å²) in [4.78, 5) is 12.5. The molecule has 4 aromatic carbocycles. The maximum absolute atomic E-state index is 14.8. The van der Waals surface area contributed by atoms with Gasteiger partial charge in [-0.2, -0.15) is 13.2 Å². The Morgan fingerprint density at radius 1 is 0.725 bits per heavy atom. The SMILES string of the molecule is CCc1ccc(-c2cc(F)c(C(=O)Oc3ccc(-c4cc(F)c(C=CC(F)(F)F)c(F)c4)c(F)c3)c(F)c2)cc1. The van der Waals surface area contributed by atoms with Crippen molar-refractivity contribution in [1.82, 2.24) is 0 Å². The van der Waals surface area contributed by atoms with Gasteiger partial charge in [0.25, 0.3) is 0 Å². The number of hydrogen-bond acceptors (Lipinski definition) is 2. The number of esters is 1. The Kier molecular flexibility index (Phi) is 8.08. The molecule has 4 rings (SSSR count). The van der Waals surface area contributed by atoms with E-state index in [2.05, 4.69) is 0 Å². The van der Waals surface area contributed by atoms with Crippen LogP contribution >= 0.6 is 0 Å². The molecular weight excluding hydrogens is 544 g/mol. The van der Waals surface area contributed by atoms with Gasteiger partial charge in [-0.25, -0.2) is 26.7 Å². The highest BCUT2D eigenvalue weighted by atomic mass is 19.4. The molecule has 0 amide bonds. The number of alkyl halides is 3. The van der Waals surface area contributed by atoms with Crippen LogP contribution in [0.2, 0.25) is 0 Å². The number of benzene rings is 4. The van der Waals surface area contributed by atoms with Gasteiger partial charge in [-0.05, 0) is 71.1 Å². The molecule has 0 saturated carbocycles. The molecule has 206 valence electrons. The second kappa shape index (κ2) is 11.3. The Bertz CT molecular complexity index is 1560. The van der Waals surface area contributed by atoms with Gasteiger partial charge in [0, 0.05) is 23.3 Å². The minimum atomic E-state index is -4.80. The van der Waals surface area contributed by atoms with E-state index in [0.29, 0.717) is 23.8 Å². The van der Waals surface area contributed by atoms with Crippen LogP contribution in [-0.4, -0.2) is 12.1 Å². The molecule has 0 spiro atoms. The fraction of sp³-hybridized carbons (Fsp3) is 0.100. The van der Waals surface area contributed by atoms with E-state index >= 15 is 0 Å². The maximum Gasteiger partial charge on any atom is 0.409 e. The van der Waals surface area contributed by atoms with Crippen LogP contribution in [0.3, 0.4) is 0 Å². The van der Waals surface area contributed by atoms with E-state index in [1.807, 2.05) is 6.92 Å². The predicted octanol–water partition coefficient (Wildman–Crippen LogP) is 9.07. The topological polar surface area (TPSA) is 26.3 Å². The molecule has 0 bridgehead atoms. The van der Waals surface area contributed by atoms with Crippen LogP contribution in [0.4, 0.5) is 35.1 Å². The molecule has 0 saturated heterocycles. The smallest absolute Gasteiger partial charge is 0.409 e. The minimum Gasteiger partial charge on any atom is -0.423 e. The number of hydrogen-bond donors (Lipinski definition) is 0. The molecule has 0 N–H and O–H groups in total. The average Bonchev–Trinajstić information content (AvgIpc) is 2.87. The Morgan fingerprint density at radius 3 is 1.82 bits per heavy atom. The van der Waals surface area contributed by atoms with Crippen LogP contribution in [-0.2, 0) is 6.42 Å². The summed E-state index contributed by atoms with van der Waals surface area (Å²) in [7, 11) is 0. The van der Waals surface area contributed by atoms with Crippen LogP contribution in [0.25, 0.3) is 28.3 Å². The molecule has 0 aliphatic rings. The van der Waals surface area contributed by atoms with Crippen LogP contribution < -0.4 is 4.74 Å². The number of aryl methyl sites for hydroxylation is 1. The fourth-order valence-electron chi connectivity index (χ4n) is 3.90. The summed E-state index contributed by atoms with van der Waals surface area (Å²) in [5, 5.41) is 0. The molecule has 0 aromatic heterocycles. The van der Waals surface area contributed by atoms with Gasteiger partial charge in [0.2, 0.25) is 0 Å². The highest BCUT2D eigenvalue weighted by molar-refractivity contribution is 5.92. The van der Waals surface area contributed by atoms with Gasteiger partial charge in [0.15, 0.2) is 0 Å². The summed E-state index contributed by atoms with van der Waals surface area (Å²) in [6.45, 7) is 1.95. The first kappa shape index (κ1) is 28.5. The third-order valence-corrected chi connectivity index (χ3v) is 5.92. The van der Waals surface area contributed by atoms with Crippen molar-refractivity contribution in [2.75, 3.05) is 0 Å². The third-order valence-electron chi connectivity index (χ3n) is 5.92. The van der Waals surface area contributed by atoms with Gasteiger partial charge >= 0.3 is 12.1 Å². The highest BCUT2D eigenvalue weighted by Crippen LogP contribution is 2.31. The van der Waals surface area contributed by atoms with Gasteiger partial charge in [-0.3, -0.25) is 0 Å². The van der Waals surface area contributed by atoms with Gasteiger partial charge in [0.1, 0.15) is 40.4 Å². The summed E-state index contributed by atoms with van der Waals surface area (Å²) in [6.07, 6.45) is -4.16. The van der Waals surface area contributed by atoms with E-state index in [1.165, 1.54) is 0 Å². The van der Waals surface area contributed by atoms with Crippen molar-refractivity contribution in [3.05, 3.63) is 119 Å².